The summed E-state index contributed by atoms with van der Waals surface area (Å²) in [5.74, 6) is 0.878. The maximum Gasteiger partial charge on any atom is 0.320 e. The molecule has 17 nitrogen and oxygen atoms in total. The number of benzene rings is 2. The molecule has 3 fully saturated rings. The van der Waals surface area contributed by atoms with Gasteiger partial charge in [-0.2, -0.15) is 0 Å². The number of nitroso groups, excluding NO2 is 1. The molecule has 3 heterocycles. The summed E-state index contributed by atoms with van der Waals surface area (Å²) in [5, 5.41) is 31.7. The SMILES string of the molecule is N=C1C(N=O)=CC=C(NCCOCCOCCC(=O)NCCOc2cccc(C(c3ccccc3)C3CCN(C(=O)N4CCC5OCC(=O)N[C@@H]5C4)CC3)c2)/C1=N/O. The van der Waals surface area contributed by atoms with Gasteiger partial charge in [-0.05, 0) is 65.8 Å². The molecule has 58 heavy (non-hydrogen) atoms. The minimum Gasteiger partial charge on any atom is -0.492 e. The van der Waals surface area contributed by atoms with Crippen molar-refractivity contribution >= 4 is 29.3 Å². The van der Waals surface area contributed by atoms with Crippen LogP contribution in [-0.4, -0.2) is 135 Å². The monoisotopic (exact) mass is 800 g/mol. The number of carbonyl (C=O) groups is 3. The zero-order valence-corrected chi connectivity index (χ0v) is 32.5. The quantitative estimate of drug-likeness (QED) is 0.0488. The highest BCUT2D eigenvalue weighted by molar-refractivity contribution is 6.52. The Labute approximate surface area is 337 Å². The number of hydrogen-bond acceptors (Lipinski definition) is 13. The standard InChI is InChI=1S/C41H52N8O9/c42-39-32(46-53)9-10-33(40(39)47-54)43-15-21-56-24-23-55-20-14-36(50)44-16-22-57-31-8-4-7-30(25-31)38(28-5-2-1-3-6-28)29-11-17-48(18-12-29)41(52)49-19-13-35-34(26-49)45-37(51)27-58-35/h1-10,25,29,34-35,38,42-43,54H,11-24,26-27H2,(H,44,50)(H,45,51)/b42-39?,47-40-/t34-,35?,38?/m1/s1. The fourth-order valence-electron chi connectivity index (χ4n) is 7.79. The average Bonchev–Trinajstić information content (AvgIpc) is 3.25. The molecule has 2 aromatic rings. The van der Waals surface area contributed by atoms with Gasteiger partial charge in [0.2, 0.25) is 11.8 Å². The molecule has 0 spiro atoms. The number of fused-ring (bicyclic) bond motifs is 1. The van der Waals surface area contributed by atoms with E-state index in [0.717, 1.165) is 24.2 Å². The zero-order valence-electron chi connectivity index (χ0n) is 32.5. The van der Waals surface area contributed by atoms with Crippen molar-refractivity contribution in [3.8, 4) is 5.75 Å². The Bertz CT molecular complexity index is 1850. The minimum atomic E-state index is -0.269. The second-order valence-corrected chi connectivity index (χ2v) is 14.5. The summed E-state index contributed by atoms with van der Waals surface area (Å²) in [7, 11) is 0. The van der Waals surface area contributed by atoms with Crippen molar-refractivity contribution in [3.05, 3.63) is 94.2 Å². The second-order valence-electron chi connectivity index (χ2n) is 14.5. The number of piperidine rings is 2. The molecule has 2 unspecified atom stereocenters. The molecule has 3 atom stereocenters. The number of likely N-dealkylation sites (tertiary alicyclic amines) is 2. The van der Waals surface area contributed by atoms with E-state index in [0.29, 0.717) is 83.7 Å². The van der Waals surface area contributed by atoms with Crippen molar-refractivity contribution < 1.29 is 38.5 Å². The number of nitrogens with one attached hydrogen (secondary N) is 4. The summed E-state index contributed by atoms with van der Waals surface area (Å²) >= 11 is 0. The van der Waals surface area contributed by atoms with Crippen molar-refractivity contribution in [2.45, 2.75) is 43.7 Å². The van der Waals surface area contributed by atoms with E-state index in [9.17, 15) is 24.5 Å². The summed E-state index contributed by atoms with van der Waals surface area (Å²) in [6.45, 7) is 4.67. The van der Waals surface area contributed by atoms with Crippen LogP contribution in [0.4, 0.5) is 4.79 Å². The number of nitrogens with zero attached hydrogens (tertiary/aromatic N) is 4. The van der Waals surface area contributed by atoms with Crippen LogP contribution >= 0.6 is 0 Å². The van der Waals surface area contributed by atoms with Crippen LogP contribution in [0, 0.1) is 16.2 Å². The number of rotatable bonds is 18. The number of hydrogen-bond donors (Lipinski definition) is 5. The Balaban J connectivity index is 0.878. The van der Waals surface area contributed by atoms with E-state index in [4.69, 9.17) is 24.4 Å². The van der Waals surface area contributed by atoms with Gasteiger partial charge in [-0.25, -0.2) is 4.79 Å². The summed E-state index contributed by atoms with van der Waals surface area (Å²) < 4.78 is 22.8. The van der Waals surface area contributed by atoms with Crippen molar-refractivity contribution in [3.63, 3.8) is 0 Å². The summed E-state index contributed by atoms with van der Waals surface area (Å²) in [5.41, 5.74) is 2.27. The third kappa shape index (κ3) is 11.3. The van der Waals surface area contributed by atoms with Crippen LogP contribution in [0.2, 0.25) is 0 Å². The van der Waals surface area contributed by atoms with Gasteiger partial charge in [-0.1, -0.05) is 47.6 Å². The maximum atomic E-state index is 13.6. The molecule has 0 saturated carbocycles. The van der Waals surface area contributed by atoms with Gasteiger partial charge in [0, 0.05) is 45.1 Å². The van der Waals surface area contributed by atoms with E-state index in [2.05, 4.69) is 62.7 Å². The van der Waals surface area contributed by atoms with Gasteiger partial charge in [0.25, 0.3) is 0 Å². The highest BCUT2D eigenvalue weighted by Crippen LogP contribution is 2.39. The van der Waals surface area contributed by atoms with E-state index in [1.165, 1.54) is 17.7 Å². The van der Waals surface area contributed by atoms with Gasteiger partial charge >= 0.3 is 6.03 Å². The summed E-state index contributed by atoms with van der Waals surface area (Å²) in [6, 6.07) is 18.4. The lowest BCUT2D eigenvalue weighted by Gasteiger charge is -2.44. The molecule has 0 bridgehead atoms. The number of carbonyl (C=O) groups excluding carboxylic acids is 3. The Hall–Kier alpha value is -5.65. The van der Waals surface area contributed by atoms with Crippen LogP contribution in [0.3, 0.4) is 0 Å². The summed E-state index contributed by atoms with van der Waals surface area (Å²) in [4.78, 5) is 52.3. The van der Waals surface area contributed by atoms with Crippen LogP contribution in [0.25, 0.3) is 0 Å². The van der Waals surface area contributed by atoms with Crippen LogP contribution in [0.1, 0.15) is 42.7 Å². The molecular weight excluding hydrogens is 748 g/mol. The fourth-order valence-corrected chi connectivity index (χ4v) is 7.79. The number of ether oxygens (including phenoxy) is 4. The van der Waals surface area contributed by atoms with Crippen LogP contribution < -0.4 is 20.7 Å². The zero-order chi connectivity index (χ0) is 40.7. The van der Waals surface area contributed by atoms with E-state index in [1.807, 2.05) is 28.0 Å². The molecule has 5 N–H and O–H groups in total. The first kappa shape index (κ1) is 42.0. The minimum absolute atomic E-state index is 0.0238. The lowest BCUT2D eigenvalue weighted by molar-refractivity contribution is -0.139. The first-order valence-corrected chi connectivity index (χ1v) is 19.8. The topological polar surface area (TPSA) is 217 Å². The molecule has 4 aliphatic rings. The molecular formula is C41H52N8O9. The maximum absolute atomic E-state index is 13.6. The lowest BCUT2D eigenvalue weighted by atomic mass is 9.76. The highest BCUT2D eigenvalue weighted by Gasteiger charge is 2.39. The van der Waals surface area contributed by atoms with Crippen LogP contribution in [-0.2, 0) is 23.8 Å². The van der Waals surface area contributed by atoms with Crippen LogP contribution in [0.5, 0.6) is 5.75 Å². The predicted octanol–water partition coefficient (Wildman–Crippen LogP) is 3.15. The average molecular weight is 801 g/mol. The molecule has 3 saturated heterocycles. The van der Waals surface area contributed by atoms with E-state index in [1.54, 1.807) is 0 Å². The fraction of sp³-hybridized carbons (Fsp3) is 0.488. The molecule has 3 aliphatic heterocycles. The number of oxime groups is 1. The number of urea groups is 1. The first-order chi connectivity index (χ1) is 28.3. The Kier molecular flexibility index (Phi) is 15.3. The lowest BCUT2D eigenvalue weighted by Crippen LogP contribution is -2.62. The number of amides is 4. The molecule has 4 amide bonds. The van der Waals surface area contributed by atoms with Gasteiger partial charge in [0.1, 0.15) is 30.4 Å². The third-order valence-corrected chi connectivity index (χ3v) is 10.7. The molecule has 0 radical (unpaired) electrons. The molecule has 310 valence electrons. The van der Waals surface area contributed by atoms with E-state index >= 15 is 0 Å². The smallest absolute Gasteiger partial charge is 0.320 e. The van der Waals surface area contributed by atoms with Gasteiger partial charge in [0.05, 0.1) is 50.8 Å². The van der Waals surface area contributed by atoms with E-state index < -0.39 is 0 Å². The largest absolute Gasteiger partial charge is 0.492 e. The number of allylic oxidation sites excluding steroid dienone is 4. The Morgan fingerprint density at radius 3 is 2.47 bits per heavy atom. The highest BCUT2D eigenvalue weighted by atomic mass is 16.5. The summed E-state index contributed by atoms with van der Waals surface area (Å²) in [6.07, 6.45) is 5.45. The van der Waals surface area contributed by atoms with Crippen molar-refractivity contribution in [2.24, 2.45) is 16.3 Å². The Morgan fingerprint density at radius 1 is 0.931 bits per heavy atom. The molecule has 2 aromatic carbocycles. The van der Waals surface area contributed by atoms with Crippen molar-refractivity contribution in [1.82, 2.24) is 25.8 Å². The molecule has 1 aliphatic carbocycles. The predicted molar refractivity (Wildman–Crippen MR) is 214 cm³/mol. The second kappa shape index (κ2) is 21.2. The van der Waals surface area contributed by atoms with Crippen molar-refractivity contribution in [1.29, 1.82) is 5.41 Å². The third-order valence-electron chi connectivity index (χ3n) is 10.7. The van der Waals surface area contributed by atoms with Crippen LogP contribution in [0.15, 0.2) is 88.5 Å². The molecule has 17 heteroatoms. The van der Waals surface area contributed by atoms with Gasteiger partial charge in [0.15, 0.2) is 5.71 Å². The first-order valence-electron chi connectivity index (χ1n) is 19.8. The Morgan fingerprint density at radius 2 is 1.69 bits per heavy atom. The van der Waals surface area contributed by atoms with Gasteiger partial charge < -0.3 is 49.9 Å². The molecule has 0 aromatic heterocycles. The van der Waals surface area contributed by atoms with E-state index in [-0.39, 0.29) is 72.7 Å². The van der Waals surface area contributed by atoms with Gasteiger partial charge in [-0.3, -0.25) is 15.0 Å². The van der Waals surface area contributed by atoms with Crippen molar-refractivity contribution in [2.75, 3.05) is 78.9 Å². The number of morpholine rings is 1. The molecule has 6 rings (SSSR count). The normalized spacial score (nSPS) is 21.0. The van der Waals surface area contributed by atoms with Gasteiger partial charge in [-0.15, -0.1) is 4.91 Å².